The molecule has 0 bridgehead atoms. The molecule has 3 aromatic carbocycles. The van der Waals surface area contributed by atoms with Crippen LogP contribution in [0.3, 0.4) is 0 Å². The van der Waals surface area contributed by atoms with E-state index in [4.69, 9.17) is 9.47 Å². The Hall–Kier alpha value is -4.28. The van der Waals surface area contributed by atoms with E-state index in [1.807, 2.05) is 73.7 Å². The molecule has 0 saturated heterocycles. The van der Waals surface area contributed by atoms with Crippen LogP contribution in [0.1, 0.15) is 16.0 Å². The van der Waals surface area contributed by atoms with Crippen LogP contribution in [0.25, 0.3) is 21.3 Å². The van der Waals surface area contributed by atoms with E-state index < -0.39 is 5.91 Å². The van der Waals surface area contributed by atoms with Crippen molar-refractivity contribution in [2.24, 2.45) is 5.10 Å². The van der Waals surface area contributed by atoms with Gasteiger partial charge in [-0.15, -0.1) is 11.3 Å². The molecule has 1 N–H and O–H groups in total. The van der Waals surface area contributed by atoms with Crippen LogP contribution < -0.4 is 20.5 Å². The lowest BCUT2D eigenvalue weighted by atomic mass is 10.0. The quantitative estimate of drug-likeness (QED) is 0.163. The molecular formula is C30H25BrN4O4S. The number of hydrogen-bond acceptors (Lipinski definition) is 7. The number of halogens is 1. The predicted octanol–water partition coefficient (Wildman–Crippen LogP) is 5.93. The molecule has 0 aliphatic heterocycles. The fourth-order valence-corrected chi connectivity index (χ4v) is 5.83. The van der Waals surface area contributed by atoms with E-state index in [9.17, 15) is 9.59 Å². The second-order valence-electron chi connectivity index (χ2n) is 8.86. The van der Waals surface area contributed by atoms with Gasteiger partial charge in [-0.1, -0.05) is 60.7 Å². The summed E-state index contributed by atoms with van der Waals surface area (Å²) in [4.78, 5) is 32.1. The van der Waals surface area contributed by atoms with Gasteiger partial charge in [-0.2, -0.15) is 5.10 Å². The Kier molecular flexibility index (Phi) is 8.37. The summed E-state index contributed by atoms with van der Waals surface area (Å²) in [6.45, 7) is 2.13. The first-order chi connectivity index (χ1) is 19.4. The van der Waals surface area contributed by atoms with Crippen molar-refractivity contribution in [3.8, 4) is 22.6 Å². The van der Waals surface area contributed by atoms with Gasteiger partial charge in [-0.05, 0) is 51.7 Å². The number of rotatable bonds is 9. The molecular weight excluding hydrogens is 592 g/mol. The van der Waals surface area contributed by atoms with Gasteiger partial charge in [-0.3, -0.25) is 14.2 Å². The normalized spacial score (nSPS) is 11.2. The fourth-order valence-electron chi connectivity index (χ4n) is 4.26. The molecule has 0 fully saturated rings. The maximum atomic E-state index is 13.3. The van der Waals surface area contributed by atoms with Crippen LogP contribution in [0.4, 0.5) is 0 Å². The van der Waals surface area contributed by atoms with E-state index >= 15 is 0 Å². The topological polar surface area (TPSA) is 94.8 Å². The molecule has 5 rings (SSSR count). The molecule has 0 saturated carbocycles. The summed E-state index contributed by atoms with van der Waals surface area (Å²) in [5.41, 5.74) is 5.71. The highest BCUT2D eigenvalue weighted by Crippen LogP contribution is 2.37. The third-order valence-electron chi connectivity index (χ3n) is 6.11. The Labute approximate surface area is 243 Å². The van der Waals surface area contributed by atoms with Crippen LogP contribution in [-0.4, -0.2) is 28.8 Å². The molecule has 202 valence electrons. The molecule has 0 aliphatic rings. The molecule has 0 radical (unpaired) electrons. The standard InChI is InChI=1S/C30H25BrN4O4S/c1-19-26(22-11-7-4-8-12-22)27-29(40-19)32-18-35(30(27)37)16-25(36)34-33-15-21-13-23(31)28(24(14-21)38-2)39-17-20-9-5-3-6-10-20/h3-15,18H,16-17H2,1-2H3,(H,34,36)/b33-15+. The van der Waals surface area contributed by atoms with Crippen LogP contribution >= 0.6 is 27.3 Å². The predicted molar refractivity (Wildman–Crippen MR) is 161 cm³/mol. The minimum absolute atomic E-state index is 0.221. The van der Waals surface area contributed by atoms with Gasteiger partial charge in [-0.25, -0.2) is 10.4 Å². The summed E-state index contributed by atoms with van der Waals surface area (Å²) in [6, 6.07) is 23.1. The zero-order chi connectivity index (χ0) is 28.1. The first-order valence-corrected chi connectivity index (χ1v) is 14.0. The summed E-state index contributed by atoms with van der Waals surface area (Å²) in [7, 11) is 1.56. The number of carbonyl (C=O) groups excluding carboxylic acids is 1. The number of hydrazone groups is 1. The van der Waals surface area contributed by atoms with Crippen molar-refractivity contribution in [1.82, 2.24) is 15.0 Å². The molecule has 1 amide bonds. The van der Waals surface area contributed by atoms with Gasteiger partial charge in [0, 0.05) is 10.4 Å². The van der Waals surface area contributed by atoms with Crippen LogP contribution in [0.2, 0.25) is 0 Å². The van der Waals surface area contributed by atoms with Gasteiger partial charge in [0.1, 0.15) is 18.0 Å². The molecule has 0 aliphatic carbocycles. The summed E-state index contributed by atoms with van der Waals surface area (Å²) in [5.74, 6) is 0.624. The third-order valence-corrected chi connectivity index (χ3v) is 7.71. The summed E-state index contributed by atoms with van der Waals surface area (Å²) >= 11 is 4.99. The average molecular weight is 618 g/mol. The van der Waals surface area contributed by atoms with Crippen molar-refractivity contribution in [2.45, 2.75) is 20.1 Å². The van der Waals surface area contributed by atoms with E-state index in [-0.39, 0.29) is 12.1 Å². The summed E-state index contributed by atoms with van der Waals surface area (Å²) in [5, 5.41) is 4.58. The van der Waals surface area contributed by atoms with Crippen LogP contribution in [-0.2, 0) is 17.9 Å². The number of hydrogen-bond donors (Lipinski definition) is 1. The van der Waals surface area contributed by atoms with Crippen molar-refractivity contribution < 1.29 is 14.3 Å². The highest BCUT2D eigenvalue weighted by Gasteiger charge is 2.18. The molecule has 0 spiro atoms. The molecule has 10 heteroatoms. The smallest absolute Gasteiger partial charge is 0.263 e. The molecule has 8 nitrogen and oxygen atoms in total. The lowest BCUT2D eigenvalue weighted by Gasteiger charge is -2.13. The molecule has 5 aromatic rings. The minimum Gasteiger partial charge on any atom is -0.493 e. The van der Waals surface area contributed by atoms with Crippen molar-refractivity contribution in [1.29, 1.82) is 0 Å². The number of fused-ring (bicyclic) bond motifs is 1. The number of nitrogens with zero attached hydrogens (tertiary/aromatic N) is 3. The molecule has 40 heavy (non-hydrogen) atoms. The third kappa shape index (κ3) is 5.98. The monoisotopic (exact) mass is 616 g/mol. The zero-order valence-electron chi connectivity index (χ0n) is 21.8. The van der Waals surface area contributed by atoms with E-state index in [1.54, 1.807) is 13.2 Å². The fraction of sp³-hybridized carbons (Fsp3) is 0.133. The van der Waals surface area contributed by atoms with E-state index in [0.717, 1.165) is 21.6 Å². The number of aryl methyl sites for hydroxylation is 1. The van der Waals surface area contributed by atoms with Gasteiger partial charge in [0.25, 0.3) is 11.5 Å². The number of methoxy groups -OCH3 is 1. The van der Waals surface area contributed by atoms with Gasteiger partial charge in [0.05, 0.1) is 29.5 Å². The van der Waals surface area contributed by atoms with Crippen molar-refractivity contribution in [2.75, 3.05) is 7.11 Å². The van der Waals surface area contributed by atoms with Crippen molar-refractivity contribution >= 4 is 49.6 Å². The van der Waals surface area contributed by atoms with Gasteiger partial charge in [0.2, 0.25) is 0 Å². The first kappa shape index (κ1) is 27.3. The Balaban J connectivity index is 1.28. The van der Waals surface area contributed by atoms with Crippen LogP contribution in [0, 0.1) is 6.92 Å². The lowest BCUT2D eigenvalue weighted by molar-refractivity contribution is -0.121. The first-order valence-electron chi connectivity index (χ1n) is 12.3. The van der Waals surface area contributed by atoms with E-state index in [0.29, 0.717) is 38.4 Å². The number of thiophene rings is 1. The highest BCUT2D eigenvalue weighted by molar-refractivity contribution is 9.10. The summed E-state index contributed by atoms with van der Waals surface area (Å²) < 4.78 is 13.4. The number of nitrogens with one attached hydrogen (secondary N) is 1. The second kappa shape index (κ2) is 12.3. The number of benzene rings is 3. The van der Waals surface area contributed by atoms with E-state index in [1.165, 1.54) is 28.4 Å². The van der Waals surface area contributed by atoms with Crippen LogP contribution in [0.5, 0.6) is 11.5 Å². The summed E-state index contributed by atoms with van der Waals surface area (Å²) in [6.07, 6.45) is 2.89. The largest absolute Gasteiger partial charge is 0.493 e. The number of ether oxygens (including phenoxy) is 2. The SMILES string of the molecule is COc1cc(/C=N/NC(=O)Cn2cnc3sc(C)c(-c4ccccc4)c3c2=O)cc(Br)c1OCc1ccccc1. The Morgan fingerprint density at radius 2 is 1.85 bits per heavy atom. The van der Waals surface area contributed by atoms with Crippen molar-refractivity contribution in [3.63, 3.8) is 0 Å². The molecule has 2 aromatic heterocycles. The number of carbonyl (C=O) groups is 1. The molecule has 0 atom stereocenters. The highest BCUT2D eigenvalue weighted by atomic mass is 79.9. The molecule has 2 heterocycles. The second-order valence-corrected chi connectivity index (χ2v) is 10.9. The number of aromatic nitrogens is 2. The minimum atomic E-state index is -0.457. The Morgan fingerprint density at radius 3 is 2.58 bits per heavy atom. The zero-order valence-corrected chi connectivity index (χ0v) is 24.2. The maximum absolute atomic E-state index is 13.3. The van der Waals surface area contributed by atoms with Gasteiger partial charge >= 0.3 is 0 Å². The lowest BCUT2D eigenvalue weighted by Crippen LogP contribution is -2.30. The average Bonchev–Trinajstić information content (AvgIpc) is 3.31. The van der Waals surface area contributed by atoms with Gasteiger partial charge in [0.15, 0.2) is 11.5 Å². The molecule has 0 unspecified atom stereocenters. The van der Waals surface area contributed by atoms with Gasteiger partial charge < -0.3 is 9.47 Å². The maximum Gasteiger partial charge on any atom is 0.263 e. The van der Waals surface area contributed by atoms with Crippen molar-refractivity contribution in [3.05, 3.63) is 110 Å². The number of amides is 1. The Morgan fingerprint density at radius 1 is 1.12 bits per heavy atom. The van der Waals surface area contributed by atoms with Crippen LogP contribution in [0.15, 0.2) is 93.5 Å². The van der Waals surface area contributed by atoms with E-state index in [2.05, 4.69) is 31.4 Å². The Bertz CT molecular complexity index is 1750.